The first-order valence-corrected chi connectivity index (χ1v) is 4.61. The molecule has 78 valence electrons. The van der Waals surface area contributed by atoms with E-state index in [9.17, 15) is 9.59 Å². The Bertz CT molecular complexity index is 274. The lowest BCUT2D eigenvalue weighted by molar-refractivity contribution is -0.156. The van der Waals surface area contributed by atoms with Crippen LogP contribution in [-0.2, 0) is 19.1 Å². The maximum Gasteiger partial charge on any atom is 0.312 e. The van der Waals surface area contributed by atoms with E-state index in [-0.39, 0.29) is 12.2 Å². The summed E-state index contributed by atoms with van der Waals surface area (Å²) in [5, 5.41) is 8.96. The Labute approximate surface area is 81.0 Å². The molecule has 0 aromatic heterocycles. The summed E-state index contributed by atoms with van der Waals surface area (Å²) in [5.74, 6) is -2.77. The molecule has 2 bridgehead atoms. The van der Waals surface area contributed by atoms with E-state index >= 15 is 0 Å². The highest BCUT2D eigenvalue weighted by molar-refractivity contribution is 5.83. The number of carboxylic acids is 1. The third kappa shape index (κ3) is 1.19. The molecule has 0 aliphatic carbocycles. The van der Waals surface area contributed by atoms with Gasteiger partial charge in [0.05, 0.1) is 31.2 Å². The van der Waals surface area contributed by atoms with E-state index in [4.69, 9.17) is 9.84 Å². The predicted molar refractivity (Wildman–Crippen MR) is 44.5 cm³/mol. The van der Waals surface area contributed by atoms with Gasteiger partial charge < -0.3 is 14.6 Å². The van der Waals surface area contributed by atoms with Crippen molar-refractivity contribution in [3.8, 4) is 0 Å². The third-order valence-electron chi connectivity index (χ3n) is 3.03. The molecule has 2 rings (SSSR count). The third-order valence-corrected chi connectivity index (χ3v) is 3.03. The topological polar surface area (TPSA) is 72.8 Å². The summed E-state index contributed by atoms with van der Waals surface area (Å²) in [6, 6.07) is 0. The van der Waals surface area contributed by atoms with Gasteiger partial charge in [-0.15, -0.1) is 0 Å². The molecule has 1 N–H and O–H groups in total. The first kappa shape index (κ1) is 9.45. The lowest BCUT2D eigenvalue weighted by atomic mass is 9.79. The minimum absolute atomic E-state index is 0.256. The highest BCUT2D eigenvalue weighted by Gasteiger charge is 2.56. The molecule has 0 unspecified atom stereocenters. The number of methoxy groups -OCH3 is 1. The molecule has 0 spiro atoms. The van der Waals surface area contributed by atoms with E-state index in [0.717, 1.165) is 12.8 Å². The maximum absolute atomic E-state index is 11.4. The zero-order valence-electron chi connectivity index (χ0n) is 7.80. The summed E-state index contributed by atoms with van der Waals surface area (Å²) in [4.78, 5) is 22.3. The van der Waals surface area contributed by atoms with Crippen molar-refractivity contribution >= 4 is 11.9 Å². The highest BCUT2D eigenvalue weighted by Crippen LogP contribution is 2.43. The number of fused-ring (bicyclic) bond motifs is 2. The fourth-order valence-electron chi connectivity index (χ4n) is 2.43. The molecule has 0 saturated carbocycles. The van der Waals surface area contributed by atoms with Gasteiger partial charge in [0, 0.05) is 0 Å². The average molecular weight is 200 g/mol. The first-order chi connectivity index (χ1) is 6.65. The normalized spacial score (nSPS) is 39.8. The Hall–Kier alpha value is -1.10. The summed E-state index contributed by atoms with van der Waals surface area (Å²) in [7, 11) is 1.27. The molecule has 5 nitrogen and oxygen atoms in total. The highest BCUT2D eigenvalue weighted by atomic mass is 16.5. The number of rotatable bonds is 2. The standard InChI is InChI=1S/C9H12O5/c1-13-9(12)7-5-3-2-4(14-5)6(7)8(10)11/h4-7H,2-3H2,1H3,(H,10,11)/t4-,5+,6-,7-/m1/s1. The first-order valence-electron chi connectivity index (χ1n) is 4.61. The van der Waals surface area contributed by atoms with Gasteiger partial charge in [-0.05, 0) is 12.8 Å². The molecular weight excluding hydrogens is 188 g/mol. The summed E-state index contributed by atoms with van der Waals surface area (Å²) in [6.07, 6.45) is 0.929. The fraction of sp³-hybridized carbons (Fsp3) is 0.778. The van der Waals surface area contributed by atoms with Crippen molar-refractivity contribution in [2.75, 3.05) is 7.11 Å². The summed E-state index contributed by atoms with van der Waals surface area (Å²) >= 11 is 0. The smallest absolute Gasteiger partial charge is 0.312 e. The second-order valence-corrected chi connectivity index (χ2v) is 3.70. The number of carbonyl (C=O) groups is 2. The molecule has 5 heteroatoms. The van der Waals surface area contributed by atoms with Crippen LogP contribution in [0.5, 0.6) is 0 Å². The molecule has 2 saturated heterocycles. The molecule has 4 atom stereocenters. The van der Waals surface area contributed by atoms with E-state index in [0.29, 0.717) is 0 Å². The van der Waals surface area contributed by atoms with Crippen molar-refractivity contribution in [3.63, 3.8) is 0 Å². The summed E-state index contributed by atoms with van der Waals surface area (Å²) < 4.78 is 9.98. The maximum atomic E-state index is 11.4. The molecule has 0 aromatic carbocycles. The molecule has 0 amide bonds. The van der Waals surface area contributed by atoms with Crippen LogP contribution in [0, 0.1) is 11.8 Å². The molecular formula is C9H12O5. The van der Waals surface area contributed by atoms with Gasteiger partial charge in [0.2, 0.25) is 0 Å². The number of esters is 1. The number of carbonyl (C=O) groups excluding carboxylic acids is 1. The SMILES string of the molecule is COC(=O)[C@H]1[C@H](C(=O)O)[C@H]2CC[C@@H]1O2. The lowest BCUT2D eigenvalue weighted by Gasteiger charge is -2.22. The van der Waals surface area contributed by atoms with Crippen molar-refractivity contribution in [1.82, 2.24) is 0 Å². The molecule has 2 fully saturated rings. The van der Waals surface area contributed by atoms with Gasteiger partial charge in [-0.1, -0.05) is 0 Å². The number of hydrogen-bond acceptors (Lipinski definition) is 4. The van der Waals surface area contributed by atoms with E-state index in [2.05, 4.69) is 4.74 Å². The Kier molecular flexibility index (Phi) is 2.19. The van der Waals surface area contributed by atoms with Gasteiger partial charge in [0.25, 0.3) is 0 Å². The second-order valence-electron chi connectivity index (χ2n) is 3.70. The van der Waals surface area contributed by atoms with Crippen molar-refractivity contribution in [2.45, 2.75) is 25.0 Å². The zero-order chi connectivity index (χ0) is 10.3. The monoisotopic (exact) mass is 200 g/mol. The Morgan fingerprint density at radius 2 is 1.86 bits per heavy atom. The van der Waals surface area contributed by atoms with Crippen LogP contribution in [0.1, 0.15) is 12.8 Å². The Morgan fingerprint density at radius 3 is 2.36 bits per heavy atom. The van der Waals surface area contributed by atoms with Crippen molar-refractivity contribution in [3.05, 3.63) is 0 Å². The number of aliphatic carboxylic acids is 1. The molecule has 0 aromatic rings. The van der Waals surface area contributed by atoms with Crippen LogP contribution in [0.15, 0.2) is 0 Å². The van der Waals surface area contributed by atoms with Gasteiger partial charge in [0.1, 0.15) is 0 Å². The fourth-order valence-corrected chi connectivity index (χ4v) is 2.43. The van der Waals surface area contributed by atoms with Crippen LogP contribution in [0.2, 0.25) is 0 Å². The van der Waals surface area contributed by atoms with Crippen LogP contribution in [0.25, 0.3) is 0 Å². The minimum Gasteiger partial charge on any atom is -0.481 e. The van der Waals surface area contributed by atoms with Gasteiger partial charge in [-0.25, -0.2) is 0 Å². The van der Waals surface area contributed by atoms with E-state index in [1.807, 2.05) is 0 Å². The van der Waals surface area contributed by atoms with Crippen molar-refractivity contribution in [2.24, 2.45) is 11.8 Å². The number of carboxylic acid groups (broad SMARTS) is 1. The molecule has 2 heterocycles. The van der Waals surface area contributed by atoms with Crippen LogP contribution in [-0.4, -0.2) is 36.4 Å². The van der Waals surface area contributed by atoms with Gasteiger partial charge in [-0.3, -0.25) is 9.59 Å². The van der Waals surface area contributed by atoms with Crippen LogP contribution in [0.3, 0.4) is 0 Å². The quantitative estimate of drug-likeness (QED) is 0.637. The largest absolute Gasteiger partial charge is 0.481 e. The van der Waals surface area contributed by atoms with E-state index < -0.39 is 23.8 Å². The van der Waals surface area contributed by atoms with E-state index in [1.54, 1.807) is 0 Å². The predicted octanol–water partition coefficient (Wildman–Crippen LogP) is 0.0376. The van der Waals surface area contributed by atoms with Crippen molar-refractivity contribution in [1.29, 1.82) is 0 Å². The van der Waals surface area contributed by atoms with Crippen molar-refractivity contribution < 1.29 is 24.2 Å². The molecule has 14 heavy (non-hydrogen) atoms. The van der Waals surface area contributed by atoms with Gasteiger partial charge in [0.15, 0.2) is 0 Å². The Balaban J connectivity index is 2.21. The van der Waals surface area contributed by atoms with Gasteiger partial charge >= 0.3 is 11.9 Å². The molecule has 0 radical (unpaired) electrons. The lowest BCUT2D eigenvalue weighted by Crippen LogP contribution is -2.38. The Morgan fingerprint density at radius 1 is 1.29 bits per heavy atom. The minimum atomic E-state index is -0.965. The van der Waals surface area contributed by atoms with E-state index in [1.165, 1.54) is 7.11 Å². The second kappa shape index (κ2) is 3.24. The van der Waals surface area contributed by atoms with Crippen LogP contribution in [0.4, 0.5) is 0 Å². The summed E-state index contributed by atoms with van der Waals surface area (Å²) in [6.45, 7) is 0. The molecule has 2 aliphatic heterocycles. The van der Waals surface area contributed by atoms with Crippen LogP contribution < -0.4 is 0 Å². The summed E-state index contributed by atoms with van der Waals surface area (Å²) in [5.41, 5.74) is 0. The zero-order valence-corrected chi connectivity index (χ0v) is 7.80. The van der Waals surface area contributed by atoms with Crippen LogP contribution >= 0.6 is 0 Å². The average Bonchev–Trinajstić information content (AvgIpc) is 2.74. The van der Waals surface area contributed by atoms with Gasteiger partial charge in [-0.2, -0.15) is 0 Å². The number of hydrogen-bond donors (Lipinski definition) is 1. The number of ether oxygens (including phenoxy) is 2. The molecule has 2 aliphatic rings.